The van der Waals surface area contributed by atoms with Gasteiger partial charge in [0.15, 0.2) is 6.29 Å². The zero-order chi connectivity index (χ0) is 10.0. The molecule has 0 amide bonds. The summed E-state index contributed by atoms with van der Waals surface area (Å²) < 4.78 is 37.2. The van der Waals surface area contributed by atoms with E-state index < -0.39 is 17.8 Å². The Kier molecular flexibility index (Phi) is 2.65. The van der Waals surface area contributed by atoms with Crippen LogP contribution in [0.5, 0.6) is 0 Å². The van der Waals surface area contributed by atoms with Crippen molar-refractivity contribution in [2.45, 2.75) is 13.3 Å². The molecule has 1 rings (SSSR count). The van der Waals surface area contributed by atoms with E-state index in [2.05, 4.69) is 4.98 Å². The number of carbonyl (C=O) groups excluding carboxylic acids is 1. The maximum absolute atomic E-state index is 12.9. The molecule has 0 saturated carbocycles. The molecule has 0 atom stereocenters. The van der Waals surface area contributed by atoms with Gasteiger partial charge < -0.3 is 0 Å². The Morgan fingerprint density at radius 3 is 2.54 bits per heavy atom. The van der Waals surface area contributed by atoms with Crippen molar-refractivity contribution in [2.75, 3.05) is 0 Å². The van der Waals surface area contributed by atoms with Crippen LogP contribution in [0, 0.1) is 12.7 Å². The summed E-state index contributed by atoms with van der Waals surface area (Å²) in [6.45, 7) is 1.23. The van der Waals surface area contributed by atoms with E-state index in [9.17, 15) is 18.0 Å². The molecular weight excluding hydrogens is 183 g/mol. The molecule has 0 aliphatic carbocycles. The maximum Gasteiger partial charge on any atom is 0.268 e. The largest absolute Gasteiger partial charge is 0.296 e. The number of pyridine rings is 1. The van der Waals surface area contributed by atoms with Gasteiger partial charge in [-0.25, -0.2) is 18.2 Å². The summed E-state index contributed by atoms with van der Waals surface area (Å²) in [5.41, 5.74) is -1.08. The van der Waals surface area contributed by atoms with Gasteiger partial charge >= 0.3 is 0 Å². The van der Waals surface area contributed by atoms with E-state index in [0.29, 0.717) is 12.4 Å². The molecule has 13 heavy (non-hydrogen) atoms. The van der Waals surface area contributed by atoms with Crippen molar-refractivity contribution in [3.63, 3.8) is 0 Å². The van der Waals surface area contributed by atoms with E-state index >= 15 is 0 Å². The fraction of sp³-hybridized carbons (Fsp3) is 0.250. The first kappa shape index (κ1) is 9.70. The Hall–Kier alpha value is -1.39. The van der Waals surface area contributed by atoms with Gasteiger partial charge in [0.1, 0.15) is 11.5 Å². The number of hydrogen-bond donors (Lipinski definition) is 0. The molecule has 0 N–H and O–H groups in total. The molecule has 1 aromatic heterocycles. The number of alkyl halides is 2. The molecule has 5 heteroatoms. The second-order valence-electron chi connectivity index (χ2n) is 2.45. The highest BCUT2D eigenvalue weighted by Gasteiger charge is 2.18. The first-order chi connectivity index (χ1) is 6.06. The molecule has 1 aromatic rings. The van der Waals surface area contributed by atoms with Gasteiger partial charge in [0, 0.05) is 11.8 Å². The van der Waals surface area contributed by atoms with Crippen LogP contribution >= 0.6 is 0 Å². The van der Waals surface area contributed by atoms with Crippen LogP contribution in [0.1, 0.15) is 28.2 Å². The molecular formula is C8H6F3NO. The Balaban J connectivity index is 3.31. The normalized spacial score (nSPS) is 10.5. The van der Waals surface area contributed by atoms with Crippen molar-refractivity contribution in [3.05, 3.63) is 28.8 Å². The summed E-state index contributed by atoms with van der Waals surface area (Å²) in [4.78, 5) is 13.7. The number of halogens is 3. The van der Waals surface area contributed by atoms with E-state index in [1.165, 1.54) is 6.92 Å². The van der Waals surface area contributed by atoms with Gasteiger partial charge in [-0.1, -0.05) is 0 Å². The van der Waals surface area contributed by atoms with E-state index in [0.717, 1.165) is 0 Å². The predicted molar refractivity (Wildman–Crippen MR) is 39.3 cm³/mol. The minimum atomic E-state index is -2.91. The third-order valence-electron chi connectivity index (χ3n) is 1.56. The van der Waals surface area contributed by atoms with Crippen LogP contribution in [-0.2, 0) is 0 Å². The van der Waals surface area contributed by atoms with Crippen molar-refractivity contribution in [1.29, 1.82) is 0 Å². The summed E-state index contributed by atoms with van der Waals surface area (Å²) >= 11 is 0. The fourth-order valence-corrected chi connectivity index (χ4v) is 0.989. The number of carbonyl (C=O) groups is 1. The molecule has 0 aliphatic heterocycles. The number of nitrogens with zero attached hydrogens (tertiary/aromatic N) is 1. The summed E-state index contributed by atoms with van der Waals surface area (Å²) in [7, 11) is 0. The number of aldehydes is 1. The summed E-state index contributed by atoms with van der Waals surface area (Å²) in [5, 5.41) is 0. The molecule has 0 aliphatic rings. The van der Waals surface area contributed by atoms with E-state index in [1.807, 2.05) is 0 Å². The Morgan fingerprint density at radius 2 is 2.15 bits per heavy atom. The number of aromatic nitrogens is 1. The van der Waals surface area contributed by atoms with Crippen LogP contribution in [0.15, 0.2) is 6.07 Å². The fourth-order valence-electron chi connectivity index (χ4n) is 0.989. The monoisotopic (exact) mass is 189 g/mol. The predicted octanol–water partition coefficient (Wildman–Crippen LogP) is 2.28. The van der Waals surface area contributed by atoms with Gasteiger partial charge in [-0.3, -0.25) is 4.79 Å². The van der Waals surface area contributed by atoms with Crippen molar-refractivity contribution >= 4 is 6.29 Å². The second kappa shape index (κ2) is 3.55. The van der Waals surface area contributed by atoms with Crippen LogP contribution in [0.25, 0.3) is 0 Å². The van der Waals surface area contributed by atoms with Crippen molar-refractivity contribution < 1.29 is 18.0 Å². The zero-order valence-corrected chi connectivity index (χ0v) is 6.72. The zero-order valence-electron chi connectivity index (χ0n) is 6.72. The highest BCUT2D eigenvalue weighted by atomic mass is 19.3. The Morgan fingerprint density at radius 1 is 1.54 bits per heavy atom. The minimum absolute atomic E-state index is 0.155. The third kappa shape index (κ3) is 1.85. The van der Waals surface area contributed by atoms with Crippen LogP contribution in [0.3, 0.4) is 0 Å². The molecule has 0 radical (unpaired) electrons. The first-order valence-corrected chi connectivity index (χ1v) is 3.46. The van der Waals surface area contributed by atoms with E-state index in [1.54, 1.807) is 0 Å². The maximum atomic E-state index is 12.9. The number of hydrogen-bond acceptors (Lipinski definition) is 2. The highest BCUT2D eigenvalue weighted by Crippen LogP contribution is 2.24. The lowest BCUT2D eigenvalue weighted by Gasteiger charge is -2.05. The SMILES string of the molecule is Cc1nc(C=O)cc(F)c1C(F)F. The average Bonchev–Trinajstić information content (AvgIpc) is 2.02. The van der Waals surface area contributed by atoms with Gasteiger partial charge in [-0.2, -0.15) is 0 Å². The quantitative estimate of drug-likeness (QED) is 0.668. The Labute approximate surface area is 72.4 Å². The molecule has 0 bridgehead atoms. The Bertz CT molecular complexity index is 315. The molecule has 70 valence electrons. The lowest BCUT2D eigenvalue weighted by atomic mass is 10.2. The van der Waals surface area contributed by atoms with E-state index in [4.69, 9.17) is 0 Å². The van der Waals surface area contributed by atoms with Gasteiger partial charge in [0.05, 0.1) is 5.56 Å². The van der Waals surface area contributed by atoms with Crippen LogP contribution in [0.4, 0.5) is 13.2 Å². The molecule has 0 spiro atoms. The highest BCUT2D eigenvalue weighted by molar-refractivity contribution is 5.71. The van der Waals surface area contributed by atoms with Crippen LogP contribution < -0.4 is 0 Å². The molecule has 0 fully saturated rings. The summed E-state index contributed by atoms with van der Waals surface area (Å²) in [6.07, 6.45) is -2.60. The smallest absolute Gasteiger partial charge is 0.268 e. The summed E-state index contributed by atoms with van der Waals surface area (Å²) in [6, 6.07) is 0.696. The van der Waals surface area contributed by atoms with Crippen LogP contribution in [-0.4, -0.2) is 11.3 Å². The van der Waals surface area contributed by atoms with Gasteiger partial charge in [0.2, 0.25) is 0 Å². The van der Waals surface area contributed by atoms with Crippen molar-refractivity contribution in [2.24, 2.45) is 0 Å². The average molecular weight is 189 g/mol. The second-order valence-corrected chi connectivity index (χ2v) is 2.45. The molecule has 1 heterocycles. The molecule has 0 saturated heterocycles. The molecule has 0 aromatic carbocycles. The lowest BCUT2D eigenvalue weighted by Crippen LogP contribution is -2.01. The number of rotatable bonds is 2. The molecule has 0 unspecified atom stereocenters. The third-order valence-corrected chi connectivity index (χ3v) is 1.56. The standard InChI is InChI=1S/C8H6F3NO/c1-4-7(8(10)11)6(9)2-5(3-13)12-4/h2-3,8H,1H3. The summed E-state index contributed by atoms with van der Waals surface area (Å²) in [5.74, 6) is -1.09. The van der Waals surface area contributed by atoms with Gasteiger partial charge in [-0.05, 0) is 6.92 Å². The van der Waals surface area contributed by atoms with Gasteiger partial charge in [0.25, 0.3) is 6.43 Å². The lowest BCUT2D eigenvalue weighted by molar-refractivity contribution is 0.111. The van der Waals surface area contributed by atoms with Crippen LogP contribution in [0.2, 0.25) is 0 Å². The topological polar surface area (TPSA) is 30.0 Å². The van der Waals surface area contributed by atoms with Gasteiger partial charge in [-0.15, -0.1) is 0 Å². The van der Waals surface area contributed by atoms with E-state index in [-0.39, 0.29) is 11.4 Å². The van der Waals surface area contributed by atoms with Crippen molar-refractivity contribution in [3.8, 4) is 0 Å². The number of aryl methyl sites for hydroxylation is 1. The molecule has 2 nitrogen and oxygen atoms in total. The minimum Gasteiger partial charge on any atom is -0.296 e. The first-order valence-electron chi connectivity index (χ1n) is 3.46. The van der Waals surface area contributed by atoms with Crippen molar-refractivity contribution in [1.82, 2.24) is 4.98 Å².